The highest BCUT2D eigenvalue weighted by Gasteiger charge is 2.14. The van der Waals surface area contributed by atoms with E-state index in [4.69, 9.17) is 0 Å². The SMILES string of the molecule is CC(C)CN(CCN(C)C)CC(O)c1ccccc1. The van der Waals surface area contributed by atoms with Crippen molar-refractivity contribution in [3.8, 4) is 0 Å². The van der Waals surface area contributed by atoms with Crippen LogP contribution in [0.15, 0.2) is 30.3 Å². The maximum atomic E-state index is 10.3. The summed E-state index contributed by atoms with van der Waals surface area (Å²) in [6, 6.07) is 9.92. The molecule has 1 aromatic rings. The first-order chi connectivity index (χ1) is 8.99. The van der Waals surface area contributed by atoms with E-state index in [0.29, 0.717) is 12.5 Å². The van der Waals surface area contributed by atoms with Gasteiger partial charge in [-0.2, -0.15) is 0 Å². The van der Waals surface area contributed by atoms with E-state index < -0.39 is 6.10 Å². The fraction of sp³-hybridized carbons (Fsp3) is 0.625. The van der Waals surface area contributed by atoms with Crippen LogP contribution in [-0.4, -0.2) is 55.2 Å². The Balaban J connectivity index is 2.55. The Kier molecular flexibility index (Phi) is 7.06. The van der Waals surface area contributed by atoms with E-state index in [1.165, 1.54) is 0 Å². The first-order valence-corrected chi connectivity index (χ1v) is 7.09. The minimum absolute atomic E-state index is 0.401. The van der Waals surface area contributed by atoms with Gasteiger partial charge in [0, 0.05) is 26.2 Å². The number of aliphatic hydroxyl groups excluding tert-OH is 1. The third kappa shape index (κ3) is 6.71. The zero-order valence-corrected chi connectivity index (χ0v) is 12.7. The maximum absolute atomic E-state index is 10.3. The van der Waals surface area contributed by atoms with Crippen molar-refractivity contribution in [2.24, 2.45) is 5.92 Å². The summed E-state index contributed by atoms with van der Waals surface area (Å²) in [6.45, 7) is 8.19. The van der Waals surface area contributed by atoms with Gasteiger partial charge in [-0.15, -0.1) is 0 Å². The van der Waals surface area contributed by atoms with Gasteiger partial charge in [-0.3, -0.25) is 4.90 Å². The molecule has 0 heterocycles. The van der Waals surface area contributed by atoms with E-state index in [-0.39, 0.29) is 0 Å². The molecule has 0 saturated carbocycles. The van der Waals surface area contributed by atoms with Crippen LogP contribution in [0.25, 0.3) is 0 Å². The van der Waals surface area contributed by atoms with Gasteiger partial charge < -0.3 is 10.0 Å². The number of hydrogen-bond acceptors (Lipinski definition) is 3. The predicted octanol–water partition coefficient (Wildman–Crippen LogP) is 2.24. The van der Waals surface area contributed by atoms with E-state index in [1.54, 1.807) is 0 Å². The Morgan fingerprint density at radius 1 is 1.00 bits per heavy atom. The Hall–Kier alpha value is -0.900. The van der Waals surface area contributed by atoms with Crippen LogP contribution in [0.4, 0.5) is 0 Å². The van der Waals surface area contributed by atoms with Crippen LogP contribution in [-0.2, 0) is 0 Å². The third-order valence-corrected chi connectivity index (χ3v) is 3.10. The molecular weight excluding hydrogens is 236 g/mol. The lowest BCUT2D eigenvalue weighted by atomic mass is 10.1. The molecule has 1 atom stereocenters. The van der Waals surface area contributed by atoms with E-state index >= 15 is 0 Å². The number of benzene rings is 1. The van der Waals surface area contributed by atoms with Crippen molar-refractivity contribution in [1.82, 2.24) is 9.80 Å². The molecule has 19 heavy (non-hydrogen) atoms. The summed E-state index contributed by atoms with van der Waals surface area (Å²) in [5, 5.41) is 10.3. The van der Waals surface area contributed by atoms with Crippen LogP contribution in [0, 0.1) is 5.92 Å². The van der Waals surface area contributed by atoms with Gasteiger partial charge in [-0.05, 0) is 25.6 Å². The van der Waals surface area contributed by atoms with Crippen molar-refractivity contribution >= 4 is 0 Å². The van der Waals surface area contributed by atoms with Gasteiger partial charge in [-0.1, -0.05) is 44.2 Å². The molecule has 1 aromatic carbocycles. The summed E-state index contributed by atoms with van der Waals surface area (Å²) < 4.78 is 0. The van der Waals surface area contributed by atoms with Gasteiger partial charge >= 0.3 is 0 Å². The molecule has 0 aliphatic heterocycles. The number of aliphatic hydroxyl groups is 1. The molecule has 0 bridgehead atoms. The molecular formula is C16H28N2O. The zero-order chi connectivity index (χ0) is 14.3. The second-order valence-corrected chi connectivity index (χ2v) is 5.88. The van der Waals surface area contributed by atoms with Gasteiger partial charge in [0.25, 0.3) is 0 Å². The molecule has 1 rings (SSSR count). The van der Waals surface area contributed by atoms with Gasteiger partial charge in [0.1, 0.15) is 0 Å². The normalized spacial score (nSPS) is 13.5. The predicted molar refractivity (Wildman–Crippen MR) is 81.2 cm³/mol. The smallest absolute Gasteiger partial charge is 0.0916 e. The van der Waals surface area contributed by atoms with Crippen molar-refractivity contribution in [3.63, 3.8) is 0 Å². The molecule has 0 spiro atoms. The molecule has 0 saturated heterocycles. The minimum Gasteiger partial charge on any atom is -0.387 e. The van der Waals surface area contributed by atoms with E-state index in [2.05, 4.69) is 37.7 Å². The zero-order valence-electron chi connectivity index (χ0n) is 12.7. The van der Waals surface area contributed by atoms with Gasteiger partial charge in [0.2, 0.25) is 0 Å². The fourth-order valence-electron chi connectivity index (χ4n) is 2.14. The van der Waals surface area contributed by atoms with E-state index in [0.717, 1.165) is 25.2 Å². The second kappa shape index (κ2) is 8.31. The summed E-state index contributed by atoms with van der Waals surface area (Å²) in [6.07, 6.45) is -0.401. The molecule has 0 amide bonds. The van der Waals surface area contributed by atoms with Crippen molar-refractivity contribution in [2.45, 2.75) is 20.0 Å². The summed E-state index contributed by atoms with van der Waals surface area (Å²) in [5.41, 5.74) is 1.00. The van der Waals surface area contributed by atoms with E-state index in [1.807, 2.05) is 30.3 Å². The second-order valence-electron chi connectivity index (χ2n) is 5.88. The molecule has 108 valence electrons. The Morgan fingerprint density at radius 3 is 2.16 bits per heavy atom. The monoisotopic (exact) mass is 264 g/mol. The summed E-state index contributed by atoms with van der Waals surface area (Å²) in [7, 11) is 4.17. The summed E-state index contributed by atoms with van der Waals surface area (Å²) in [5.74, 6) is 0.616. The molecule has 3 heteroatoms. The average molecular weight is 264 g/mol. The molecule has 0 fully saturated rings. The molecule has 0 radical (unpaired) electrons. The highest BCUT2D eigenvalue weighted by Crippen LogP contribution is 2.14. The van der Waals surface area contributed by atoms with Crippen LogP contribution >= 0.6 is 0 Å². The minimum atomic E-state index is -0.401. The summed E-state index contributed by atoms with van der Waals surface area (Å²) >= 11 is 0. The summed E-state index contributed by atoms with van der Waals surface area (Å²) in [4.78, 5) is 4.53. The van der Waals surface area contributed by atoms with Crippen molar-refractivity contribution in [3.05, 3.63) is 35.9 Å². The van der Waals surface area contributed by atoms with Crippen LogP contribution in [0.2, 0.25) is 0 Å². The number of likely N-dealkylation sites (N-methyl/N-ethyl adjacent to an activating group) is 1. The average Bonchev–Trinajstić information content (AvgIpc) is 2.36. The van der Waals surface area contributed by atoms with Crippen LogP contribution in [0.1, 0.15) is 25.5 Å². The number of nitrogens with zero attached hydrogens (tertiary/aromatic N) is 2. The molecule has 1 unspecified atom stereocenters. The fourth-order valence-corrected chi connectivity index (χ4v) is 2.14. The maximum Gasteiger partial charge on any atom is 0.0916 e. The Morgan fingerprint density at radius 2 is 1.63 bits per heavy atom. The third-order valence-electron chi connectivity index (χ3n) is 3.10. The highest BCUT2D eigenvalue weighted by atomic mass is 16.3. The molecule has 0 aromatic heterocycles. The molecule has 0 aliphatic carbocycles. The lowest BCUT2D eigenvalue weighted by Gasteiger charge is -2.28. The number of rotatable bonds is 8. The quantitative estimate of drug-likeness (QED) is 0.780. The Bertz CT molecular complexity index is 338. The molecule has 1 N–H and O–H groups in total. The highest BCUT2D eigenvalue weighted by molar-refractivity contribution is 5.17. The first kappa shape index (κ1) is 16.2. The van der Waals surface area contributed by atoms with Crippen LogP contribution < -0.4 is 0 Å². The van der Waals surface area contributed by atoms with Crippen molar-refractivity contribution in [1.29, 1.82) is 0 Å². The lowest BCUT2D eigenvalue weighted by Crippen LogP contribution is -2.37. The standard InChI is InChI=1S/C16H28N2O/c1-14(2)12-18(11-10-17(3)4)13-16(19)15-8-6-5-7-9-15/h5-9,14,16,19H,10-13H2,1-4H3. The largest absolute Gasteiger partial charge is 0.387 e. The lowest BCUT2D eigenvalue weighted by molar-refractivity contribution is 0.101. The molecule has 0 aliphatic rings. The first-order valence-electron chi connectivity index (χ1n) is 7.09. The van der Waals surface area contributed by atoms with E-state index in [9.17, 15) is 5.11 Å². The number of hydrogen-bond donors (Lipinski definition) is 1. The van der Waals surface area contributed by atoms with Gasteiger partial charge in [-0.25, -0.2) is 0 Å². The van der Waals surface area contributed by atoms with Crippen molar-refractivity contribution in [2.75, 3.05) is 40.3 Å². The van der Waals surface area contributed by atoms with Gasteiger partial charge in [0.15, 0.2) is 0 Å². The topological polar surface area (TPSA) is 26.7 Å². The van der Waals surface area contributed by atoms with Crippen molar-refractivity contribution < 1.29 is 5.11 Å². The van der Waals surface area contributed by atoms with Gasteiger partial charge in [0.05, 0.1) is 6.10 Å². The van der Waals surface area contributed by atoms with Crippen LogP contribution in [0.3, 0.4) is 0 Å². The molecule has 3 nitrogen and oxygen atoms in total. The Labute approximate surface area is 117 Å². The van der Waals surface area contributed by atoms with Crippen LogP contribution in [0.5, 0.6) is 0 Å².